The number of anilines is 1. The van der Waals surface area contributed by atoms with Crippen molar-refractivity contribution in [3.05, 3.63) is 17.8 Å². The highest BCUT2D eigenvalue weighted by atomic mass is 19.3. The number of amides is 1. The van der Waals surface area contributed by atoms with Crippen LogP contribution in [0.15, 0.2) is 6.33 Å². The molecule has 1 aromatic rings. The third-order valence-corrected chi connectivity index (χ3v) is 4.36. The topological polar surface area (TPSA) is 49.3 Å². The molecule has 126 valence electrons. The maximum Gasteiger partial charge on any atom is 0.260 e. The van der Waals surface area contributed by atoms with Gasteiger partial charge in [-0.15, -0.1) is 0 Å². The Labute approximate surface area is 132 Å². The fourth-order valence-corrected chi connectivity index (χ4v) is 2.84. The van der Waals surface area contributed by atoms with Crippen molar-refractivity contribution < 1.29 is 18.0 Å². The van der Waals surface area contributed by atoms with Crippen LogP contribution in [0.2, 0.25) is 0 Å². The normalized spacial score (nSPS) is 23.3. The second-order valence-electron chi connectivity index (χ2n) is 6.38. The van der Waals surface area contributed by atoms with Gasteiger partial charge in [0, 0.05) is 32.6 Å². The number of carbonyl (C=O) groups is 1. The Morgan fingerprint density at radius 1 is 1.26 bits per heavy atom. The zero-order valence-corrected chi connectivity index (χ0v) is 13.1. The molecule has 1 atom stereocenters. The molecule has 1 unspecified atom stereocenters. The minimum Gasteiger partial charge on any atom is -0.351 e. The van der Waals surface area contributed by atoms with Crippen LogP contribution in [0.5, 0.6) is 0 Å². The Morgan fingerprint density at radius 3 is 2.39 bits per heavy atom. The Kier molecular flexibility index (Phi) is 3.93. The van der Waals surface area contributed by atoms with E-state index in [0.29, 0.717) is 31.9 Å². The lowest BCUT2D eigenvalue weighted by molar-refractivity contribution is -0.135. The van der Waals surface area contributed by atoms with E-state index in [4.69, 9.17) is 0 Å². The summed E-state index contributed by atoms with van der Waals surface area (Å²) in [7, 11) is 0. The van der Waals surface area contributed by atoms with Gasteiger partial charge in [-0.2, -0.15) is 0 Å². The molecule has 0 bridgehead atoms. The zero-order chi connectivity index (χ0) is 16.8. The van der Waals surface area contributed by atoms with E-state index in [1.54, 1.807) is 4.90 Å². The lowest BCUT2D eigenvalue weighted by Gasteiger charge is -2.35. The minimum atomic E-state index is -2.85. The lowest BCUT2D eigenvalue weighted by Crippen LogP contribution is -2.50. The summed E-state index contributed by atoms with van der Waals surface area (Å²) in [5, 5.41) is 0. The molecule has 1 saturated carbocycles. The first kappa shape index (κ1) is 16.0. The highest BCUT2D eigenvalue weighted by molar-refractivity contribution is 5.83. The minimum absolute atomic E-state index is 0.0586. The van der Waals surface area contributed by atoms with Gasteiger partial charge >= 0.3 is 0 Å². The van der Waals surface area contributed by atoms with Crippen molar-refractivity contribution in [2.45, 2.75) is 32.1 Å². The number of nitrogens with zero attached hydrogens (tertiary/aromatic N) is 4. The molecule has 1 saturated heterocycles. The molecule has 0 spiro atoms. The van der Waals surface area contributed by atoms with Crippen molar-refractivity contribution in [2.75, 3.05) is 31.1 Å². The highest BCUT2D eigenvalue weighted by Crippen LogP contribution is 2.49. The molecule has 1 aliphatic carbocycles. The van der Waals surface area contributed by atoms with Gasteiger partial charge in [-0.3, -0.25) is 4.79 Å². The third-order valence-electron chi connectivity index (χ3n) is 4.36. The monoisotopic (exact) mass is 328 g/mol. The quantitative estimate of drug-likeness (QED) is 0.852. The molecule has 1 aliphatic heterocycles. The van der Waals surface area contributed by atoms with Crippen molar-refractivity contribution in [1.29, 1.82) is 0 Å². The van der Waals surface area contributed by atoms with Crippen LogP contribution in [-0.2, 0) is 4.79 Å². The average molecular weight is 328 g/mol. The van der Waals surface area contributed by atoms with E-state index < -0.39 is 23.6 Å². The molecule has 2 heterocycles. The molecule has 0 N–H and O–H groups in total. The smallest absolute Gasteiger partial charge is 0.260 e. The number of rotatable bonds is 3. The summed E-state index contributed by atoms with van der Waals surface area (Å²) in [5.41, 5.74) is 0.353. The molecule has 23 heavy (non-hydrogen) atoms. The van der Waals surface area contributed by atoms with Gasteiger partial charge < -0.3 is 9.80 Å². The van der Waals surface area contributed by atoms with Gasteiger partial charge in [0.15, 0.2) is 11.6 Å². The molecular weight excluding hydrogens is 309 g/mol. The molecule has 8 heteroatoms. The number of piperazine rings is 1. The summed E-state index contributed by atoms with van der Waals surface area (Å²) in [5.74, 6) is -4.81. The standard InChI is InChI=1S/C15H19F3N4O/c1-9(2)12-11(16)13(20-8-19-12)21-3-5-22(6-4-21)14(23)10-7-15(10,17)18/h8-10H,3-7H2,1-2H3. The maximum absolute atomic E-state index is 14.5. The van der Waals surface area contributed by atoms with Gasteiger partial charge in [-0.25, -0.2) is 23.1 Å². The van der Waals surface area contributed by atoms with Crippen LogP contribution in [0.4, 0.5) is 19.0 Å². The number of hydrogen-bond acceptors (Lipinski definition) is 4. The molecule has 0 radical (unpaired) electrons. The Morgan fingerprint density at radius 2 is 1.87 bits per heavy atom. The van der Waals surface area contributed by atoms with E-state index in [-0.39, 0.29) is 18.2 Å². The summed E-state index contributed by atoms with van der Waals surface area (Å²) < 4.78 is 40.4. The fourth-order valence-electron chi connectivity index (χ4n) is 2.84. The summed E-state index contributed by atoms with van der Waals surface area (Å²) in [4.78, 5) is 23.1. The number of aromatic nitrogens is 2. The molecule has 1 amide bonds. The van der Waals surface area contributed by atoms with E-state index >= 15 is 0 Å². The number of hydrogen-bond donors (Lipinski definition) is 0. The maximum atomic E-state index is 14.5. The number of carbonyl (C=O) groups excluding carboxylic acids is 1. The first-order chi connectivity index (χ1) is 10.8. The van der Waals surface area contributed by atoms with Crippen molar-refractivity contribution in [3.63, 3.8) is 0 Å². The van der Waals surface area contributed by atoms with Crippen LogP contribution in [0.1, 0.15) is 31.9 Å². The van der Waals surface area contributed by atoms with E-state index in [1.807, 2.05) is 13.8 Å². The van der Waals surface area contributed by atoms with Gasteiger partial charge in [0.2, 0.25) is 5.91 Å². The van der Waals surface area contributed by atoms with E-state index in [2.05, 4.69) is 9.97 Å². The SMILES string of the molecule is CC(C)c1ncnc(N2CCN(C(=O)C3CC3(F)F)CC2)c1F. The first-order valence-electron chi connectivity index (χ1n) is 7.73. The fraction of sp³-hybridized carbons (Fsp3) is 0.667. The Hall–Kier alpha value is -1.86. The molecule has 1 aromatic heterocycles. The predicted molar refractivity (Wildman–Crippen MR) is 77.9 cm³/mol. The van der Waals surface area contributed by atoms with Crippen molar-refractivity contribution in [1.82, 2.24) is 14.9 Å². The number of alkyl halides is 2. The summed E-state index contributed by atoms with van der Waals surface area (Å²) in [6, 6.07) is 0. The third kappa shape index (κ3) is 2.98. The molecule has 5 nitrogen and oxygen atoms in total. The van der Waals surface area contributed by atoms with E-state index in [0.717, 1.165) is 0 Å². The summed E-state index contributed by atoms with van der Waals surface area (Å²) >= 11 is 0. The van der Waals surface area contributed by atoms with E-state index in [1.165, 1.54) is 11.2 Å². The molecule has 2 fully saturated rings. The first-order valence-corrected chi connectivity index (χ1v) is 7.73. The van der Waals surface area contributed by atoms with Gasteiger partial charge in [0.25, 0.3) is 5.92 Å². The van der Waals surface area contributed by atoms with Crippen LogP contribution in [0.3, 0.4) is 0 Å². The largest absolute Gasteiger partial charge is 0.351 e. The van der Waals surface area contributed by atoms with Crippen molar-refractivity contribution >= 4 is 11.7 Å². The predicted octanol–water partition coefficient (Wildman–Crippen LogP) is 2.04. The highest BCUT2D eigenvalue weighted by Gasteiger charge is 2.62. The zero-order valence-electron chi connectivity index (χ0n) is 13.1. The van der Waals surface area contributed by atoms with Crippen molar-refractivity contribution in [2.24, 2.45) is 5.92 Å². The second kappa shape index (κ2) is 5.65. The Bertz CT molecular complexity index is 615. The molecular formula is C15H19F3N4O. The average Bonchev–Trinajstić information content (AvgIpc) is 3.15. The van der Waals surface area contributed by atoms with Gasteiger partial charge in [0.05, 0.1) is 5.69 Å². The summed E-state index contributed by atoms with van der Waals surface area (Å²) in [6.45, 7) is 5.03. The van der Waals surface area contributed by atoms with Crippen LogP contribution in [-0.4, -0.2) is 52.9 Å². The van der Waals surface area contributed by atoms with Gasteiger partial charge in [-0.1, -0.05) is 13.8 Å². The molecule has 3 rings (SSSR count). The van der Waals surface area contributed by atoms with Crippen molar-refractivity contribution in [3.8, 4) is 0 Å². The molecule has 2 aliphatic rings. The van der Waals surface area contributed by atoms with Gasteiger partial charge in [-0.05, 0) is 5.92 Å². The Balaban J connectivity index is 1.66. The number of halogens is 3. The van der Waals surface area contributed by atoms with E-state index in [9.17, 15) is 18.0 Å². The molecule has 0 aromatic carbocycles. The summed E-state index contributed by atoms with van der Waals surface area (Å²) in [6.07, 6.45) is 0.973. The van der Waals surface area contributed by atoms with Crippen LogP contribution >= 0.6 is 0 Å². The lowest BCUT2D eigenvalue weighted by atomic mass is 10.1. The van der Waals surface area contributed by atoms with Crippen LogP contribution < -0.4 is 4.90 Å². The van der Waals surface area contributed by atoms with Gasteiger partial charge in [0.1, 0.15) is 12.2 Å². The second-order valence-corrected chi connectivity index (χ2v) is 6.38. The van der Waals surface area contributed by atoms with Crippen LogP contribution in [0, 0.1) is 11.7 Å². The van der Waals surface area contributed by atoms with Crippen LogP contribution in [0.25, 0.3) is 0 Å².